The first-order chi connectivity index (χ1) is 9.52. The molecule has 2 aromatic rings. The molecule has 1 aromatic carbocycles. The molecule has 2 N–H and O–H groups in total. The van der Waals surface area contributed by atoms with E-state index in [9.17, 15) is 9.90 Å². The molecule has 5 nitrogen and oxygen atoms in total. The van der Waals surface area contributed by atoms with Crippen molar-refractivity contribution in [1.82, 2.24) is 9.97 Å². The van der Waals surface area contributed by atoms with Crippen LogP contribution in [-0.2, 0) is 4.74 Å². The summed E-state index contributed by atoms with van der Waals surface area (Å²) in [5.41, 5.74) is 0.181. The molecule has 0 amide bonds. The van der Waals surface area contributed by atoms with Crippen molar-refractivity contribution in [1.29, 1.82) is 0 Å². The van der Waals surface area contributed by atoms with Crippen LogP contribution in [0.1, 0.15) is 25.8 Å². The van der Waals surface area contributed by atoms with Gasteiger partial charge in [-0.1, -0.05) is 23.7 Å². The number of ether oxygens (including phenoxy) is 1. The summed E-state index contributed by atoms with van der Waals surface area (Å²) in [7, 11) is 0. The molecule has 1 aromatic heterocycles. The first-order valence-electron chi connectivity index (χ1n) is 6.23. The molecule has 1 heterocycles. The number of benzene rings is 1. The Morgan fingerprint density at radius 3 is 2.85 bits per heavy atom. The standard InChI is InChI=1S/C14H15ClN2O3/c1-3-20-8(2)12-16-13(18)11(14(19)17-12)9-5-4-6-10(15)7-9/h4-8H,3H2,1-2H3,(H2,16,17,18,19). The van der Waals surface area contributed by atoms with E-state index >= 15 is 0 Å². The van der Waals surface area contributed by atoms with Crippen molar-refractivity contribution in [2.45, 2.75) is 20.0 Å². The fourth-order valence-electron chi connectivity index (χ4n) is 1.90. The van der Waals surface area contributed by atoms with E-state index in [-0.39, 0.29) is 11.4 Å². The second-order valence-corrected chi connectivity index (χ2v) is 4.69. The molecule has 0 saturated heterocycles. The molecule has 0 spiro atoms. The molecule has 0 aliphatic heterocycles. The highest BCUT2D eigenvalue weighted by Crippen LogP contribution is 2.26. The predicted molar refractivity (Wildman–Crippen MR) is 77.0 cm³/mol. The average Bonchev–Trinajstić information content (AvgIpc) is 2.38. The molecule has 0 radical (unpaired) electrons. The number of hydrogen-bond donors (Lipinski definition) is 2. The molecule has 6 heteroatoms. The summed E-state index contributed by atoms with van der Waals surface area (Å²) in [5.74, 6) is -0.0438. The lowest BCUT2D eigenvalue weighted by atomic mass is 10.1. The zero-order valence-electron chi connectivity index (χ0n) is 11.2. The quantitative estimate of drug-likeness (QED) is 0.909. The number of aromatic amines is 1. The van der Waals surface area contributed by atoms with Gasteiger partial charge in [0.2, 0.25) is 5.88 Å². The van der Waals surface area contributed by atoms with Crippen molar-refractivity contribution >= 4 is 11.6 Å². The molecular formula is C14H15ClN2O3. The van der Waals surface area contributed by atoms with Crippen LogP contribution in [0.2, 0.25) is 5.02 Å². The van der Waals surface area contributed by atoms with Gasteiger partial charge in [0.25, 0.3) is 5.56 Å². The highest BCUT2D eigenvalue weighted by molar-refractivity contribution is 6.30. The second-order valence-electron chi connectivity index (χ2n) is 4.26. The summed E-state index contributed by atoms with van der Waals surface area (Å²) >= 11 is 5.89. The average molecular weight is 295 g/mol. The summed E-state index contributed by atoms with van der Waals surface area (Å²) in [5, 5.41) is 10.5. The topological polar surface area (TPSA) is 75.2 Å². The van der Waals surface area contributed by atoms with E-state index in [0.717, 1.165) is 0 Å². The summed E-state index contributed by atoms with van der Waals surface area (Å²) < 4.78 is 5.34. The zero-order valence-corrected chi connectivity index (χ0v) is 11.9. The van der Waals surface area contributed by atoms with Crippen LogP contribution < -0.4 is 5.56 Å². The first-order valence-corrected chi connectivity index (χ1v) is 6.61. The number of nitrogens with one attached hydrogen (secondary N) is 1. The molecular weight excluding hydrogens is 280 g/mol. The van der Waals surface area contributed by atoms with Gasteiger partial charge in [-0.3, -0.25) is 4.79 Å². The molecule has 0 aliphatic carbocycles. The van der Waals surface area contributed by atoms with E-state index < -0.39 is 11.7 Å². The van der Waals surface area contributed by atoms with Crippen LogP contribution in [0.15, 0.2) is 29.1 Å². The van der Waals surface area contributed by atoms with Crippen molar-refractivity contribution in [3.63, 3.8) is 0 Å². The van der Waals surface area contributed by atoms with Gasteiger partial charge in [0.15, 0.2) is 0 Å². The van der Waals surface area contributed by atoms with Crippen LogP contribution in [-0.4, -0.2) is 21.7 Å². The van der Waals surface area contributed by atoms with Gasteiger partial charge in [0.1, 0.15) is 17.5 Å². The Labute approximate surface area is 121 Å². The maximum absolute atomic E-state index is 12.1. The van der Waals surface area contributed by atoms with Gasteiger partial charge in [0, 0.05) is 11.6 Å². The summed E-state index contributed by atoms with van der Waals surface area (Å²) in [6.45, 7) is 4.08. The third kappa shape index (κ3) is 3.00. The number of hydrogen-bond acceptors (Lipinski definition) is 4. The Morgan fingerprint density at radius 2 is 2.25 bits per heavy atom. The van der Waals surface area contributed by atoms with Crippen LogP contribution >= 0.6 is 11.6 Å². The number of H-pyrrole nitrogens is 1. The lowest BCUT2D eigenvalue weighted by Crippen LogP contribution is -2.16. The SMILES string of the molecule is CCOC(C)c1nc(O)c(-c2cccc(Cl)c2)c(=O)[nH]1. The number of aromatic hydroxyl groups is 1. The highest BCUT2D eigenvalue weighted by Gasteiger charge is 2.16. The summed E-state index contributed by atoms with van der Waals surface area (Å²) in [6, 6.07) is 6.67. The minimum atomic E-state index is -0.429. The number of aromatic nitrogens is 2. The van der Waals surface area contributed by atoms with Crippen molar-refractivity contribution < 1.29 is 9.84 Å². The van der Waals surface area contributed by atoms with Gasteiger partial charge < -0.3 is 14.8 Å². The van der Waals surface area contributed by atoms with E-state index in [4.69, 9.17) is 16.3 Å². The largest absolute Gasteiger partial charge is 0.493 e. The summed E-state index contributed by atoms with van der Waals surface area (Å²) in [6.07, 6.45) is -0.396. The molecule has 2 rings (SSSR count). The van der Waals surface area contributed by atoms with Gasteiger partial charge in [-0.2, -0.15) is 4.98 Å². The number of halogens is 1. The normalized spacial score (nSPS) is 12.3. The maximum Gasteiger partial charge on any atom is 0.262 e. The van der Waals surface area contributed by atoms with E-state index in [2.05, 4.69) is 9.97 Å². The monoisotopic (exact) mass is 294 g/mol. The fourth-order valence-corrected chi connectivity index (χ4v) is 2.09. The van der Waals surface area contributed by atoms with Crippen molar-refractivity contribution in [3.05, 3.63) is 45.5 Å². The van der Waals surface area contributed by atoms with Gasteiger partial charge in [-0.15, -0.1) is 0 Å². The lowest BCUT2D eigenvalue weighted by molar-refractivity contribution is 0.0694. The molecule has 0 bridgehead atoms. The van der Waals surface area contributed by atoms with Gasteiger partial charge in [0.05, 0.1) is 0 Å². The minimum Gasteiger partial charge on any atom is -0.493 e. The van der Waals surface area contributed by atoms with Crippen LogP contribution in [0.5, 0.6) is 5.88 Å². The Balaban J connectivity index is 2.49. The van der Waals surface area contributed by atoms with Crippen LogP contribution in [0.4, 0.5) is 0 Å². The summed E-state index contributed by atoms with van der Waals surface area (Å²) in [4.78, 5) is 18.7. The minimum absolute atomic E-state index is 0.0972. The van der Waals surface area contributed by atoms with E-state index in [1.807, 2.05) is 6.92 Å². The van der Waals surface area contributed by atoms with Gasteiger partial charge >= 0.3 is 0 Å². The number of nitrogens with zero attached hydrogens (tertiary/aromatic N) is 1. The third-order valence-electron chi connectivity index (χ3n) is 2.83. The van der Waals surface area contributed by atoms with Crippen molar-refractivity contribution in [3.8, 4) is 17.0 Å². The first kappa shape index (κ1) is 14.6. The maximum atomic E-state index is 12.1. The third-order valence-corrected chi connectivity index (χ3v) is 3.07. The molecule has 106 valence electrons. The highest BCUT2D eigenvalue weighted by atomic mass is 35.5. The molecule has 0 fully saturated rings. The molecule has 0 aliphatic rings. The molecule has 1 atom stereocenters. The second kappa shape index (κ2) is 6.07. The fraction of sp³-hybridized carbons (Fsp3) is 0.286. The van der Waals surface area contributed by atoms with E-state index in [1.165, 1.54) is 0 Å². The van der Waals surface area contributed by atoms with Crippen molar-refractivity contribution in [2.24, 2.45) is 0 Å². The zero-order chi connectivity index (χ0) is 14.7. The predicted octanol–water partition coefficient (Wildman–Crippen LogP) is 2.89. The smallest absolute Gasteiger partial charge is 0.262 e. The Kier molecular flexibility index (Phi) is 4.42. The van der Waals surface area contributed by atoms with E-state index in [0.29, 0.717) is 23.0 Å². The molecule has 1 unspecified atom stereocenters. The van der Waals surface area contributed by atoms with Crippen LogP contribution in [0.25, 0.3) is 11.1 Å². The number of rotatable bonds is 4. The molecule has 20 heavy (non-hydrogen) atoms. The van der Waals surface area contributed by atoms with E-state index in [1.54, 1.807) is 31.2 Å². The Bertz CT molecular complexity index is 670. The van der Waals surface area contributed by atoms with Crippen LogP contribution in [0.3, 0.4) is 0 Å². The van der Waals surface area contributed by atoms with Gasteiger partial charge in [-0.05, 0) is 31.5 Å². The Morgan fingerprint density at radius 1 is 1.50 bits per heavy atom. The lowest BCUT2D eigenvalue weighted by Gasteiger charge is -2.12. The molecule has 0 saturated carbocycles. The van der Waals surface area contributed by atoms with Gasteiger partial charge in [-0.25, -0.2) is 0 Å². The van der Waals surface area contributed by atoms with Crippen LogP contribution in [0, 0.1) is 0 Å². The Hall–Kier alpha value is -1.85. The van der Waals surface area contributed by atoms with Crippen molar-refractivity contribution in [2.75, 3.05) is 6.61 Å².